The van der Waals surface area contributed by atoms with Crippen molar-refractivity contribution in [3.8, 4) is 0 Å². The normalized spacial score (nSPS) is 11.8. The van der Waals surface area contributed by atoms with Gasteiger partial charge in [0.25, 0.3) is 0 Å². The number of aromatic nitrogens is 2. The molecule has 1 heterocycles. The lowest BCUT2D eigenvalue weighted by molar-refractivity contribution is 0.384. The SMILES string of the molecule is CN(CC(C)(C)CN)c1nncc2ccccc12. The standard InChI is InChI=1S/C14H20N4/c1-14(2,9-15)10-18(3)13-12-7-5-4-6-11(12)8-16-17-13/h4-8H,9-10,15H2,1-3H3. The van der Waals surface area contributed by atoms with Gasteiger partial charge in [-0.25, -0.2) is 0 Å². The minimum Gasteiger partial charge on any atom is -0.357 e. The van der Waals surface area contributed by atoms with Crippen LogP contribution in [0.3, 0.4) is 0 Å². The van der Waals surface area contributed by atoms with E-state index in [1.54, 1.807) is 6.20 Å². The van der Waals surface area contributed by atoms with Crippen molar-refractivity contribution in [3.05, 3.63) is 30.5 Å². The first-order valence-corrected chi connectivity index (χ1v) is 6.15. The molecule has 4 nitrogen and oxygen atoms in total. The maximum Gasteiger partial charge on any atom is 0.158 e. The molecule has 0 saturated carbocycles. The first-order valence-electron chi connectivity index (χ1n) is 6.15. The maximum atomic E-state index is 5.78. The van der Waals surface area contributed by atoms with Crippen LogP contribution in [0.1, 0.15) is 13.8 Å². The van der Waals surface area contributed by atoms with E-state index in [1.165, 1.54) is 0 Å². The minimum atomic E-state index is 0.0629. The Kier molecular flexibility index (Phi) is 3.48. The zero-order valence-corrected chi connectivity index (χ0v) is 11.2. The van der Waals surface area contributed by atoms with Crippen LogP contribution >= 0.6 is 0 Å². The zero-order valence-electron chi connectivity index (χ0n) is 11.2. The molecule has 0 amide bonds. The van der Waals surface area contributed by atoms with Crippen LogP contribution < -0.4 is 10.6 Å². The number of hydrogen-bond donors (Lipinski definition) is 1. The van der Waals surface area contributed by atoms with E-state index in [-0.39, 0.29) is 5.41 Å². The Hall–Kier alpha value is -1.68. The monoisotopic (exact) mass is 244 g/mol. The van der Waals surface area contributed by atoms with Crippen molar-refractivity contribution in [2.45, 2.75) is 13.8 Å². The van der Waals surface area contributed by atoms with E-state index < -0.39 is 0 Å². The van der Waals surface area contributed by atoms with Gasteiger partial charge in [0.1, 0.15) is 0 Å². The number of nitrogens with two attached hydrogens (primary N) is 1. The van der Waals surface area contributed by atoms with Crippen molar-refractivity contribution in [1.29, 1.82) is 0 Å². The van der Waals surface area contributed by atoms with E-state index in [4.69, 9.17) is 5.73 Å². The third-order valence-electron chi connectivity index (χ3n) is 3.13. The highest BCUT2D eigenvalue weighted by atomic mass is 15.2. The van der Waals surface area contributed by atoms with Crippen LogP contribution in [-0.4, -0.2) is 30.3 Å². The maximum absolute atomic E-state index is 5.78. The van der Waals surface area contributed by atoms with Crippen molar-refractivity contribution in [3.63, 3.8) is 0 Å². The van der Waals surface area contributed by atoms with Crippen LogP contribution in [0, 0.1) is 5.41 Å². The van der Waals surface area contributed by atoms with Gasteiger partial charge >= 0.3 is 0 Å². The quantitative estimate of drug-likeness (QED) is 0.894. The second kappa shape index (κ2) is 4.90. The van der Waals surface area contributed by atoms with Gasteiger partial charge in [-0.05, 0) is 12.0 Å². The fourth-order valence-electron chi connectivity index (χ4n) is 2.08. The van der Waals surface area contributed by atoms with Crippen molar-refractivity contribution < 1.29 is 0 Å². The predicted molar refractivity (Wildman–Crippen MR) is 75.6 cm³/mol. The summed E-state index contributed by atoms with van der Waals surface area (Å²) >= 11 is 0. The lowest BCUT2D eigenvalue weighted by Crippen LogP contribution is -2.37. The molecule has 0 atom stereocenters. The molecule has 2 rings (SSSR count). The van der Waals surface area contributed by atoms with Crippen molar-refractivity contribution in [1.82, 2.24) is 10.2 Å². The molecule has 0 aliphatic carbocycles. The molecule has 0 fully saturated rings. The highest BCUT2D eigenvalue weighted by molar-refractivity contribution is 5.91. The molecule has 96 valence electrons. The van der Waals surface area contributed by atoms with Crippen LogP contribution in [0.5, 0.6) is 0 Å². The largest absolute Gasteiger partial charge is 0.357 e. The fourth-order valence-corrected chi connectivity index (χ4v) is 2.08. The zero-order chi connectivity index (χ0) is 13.2. The molecule has 0 spiro atoms. The summed E-state index contributed by atoms with van der Waals surface area (Å²) in [5, 5.41) is 10.6. The smallest absolute Gasteiger partial charge is 0.158 e. The summed E-state index contributed by atoms with van der Waals surface area (Å²) in [6, 6.07) is 8.16. The summed E-state index contributed by atoms with van der Waals surface area (Å²) < 4.78 is 0. The molecule has 0 saturated heterocycles. The Bertz CT molecular complexity index is 531. The first-order chi connectivity index (χ1) is 8.53. The number of hydrogen-bond acceptors (Lipinski definition) is 4. The van der Waals surface area contributed by atoms with E-state index in [2.05, 4.69) is 41.1 Å². The summed E-state index contributed by atoms with van der Waals surface area (Å²) in [7, 11) is 2.04. The molecule has 0 bridgehead atoms. The van der Waals surface area contributed by atoms with Crippen LogP contribution in [0.2, 0.25) is 0 Å². The molecule has 18 heavy (non-hydrogen) atoms. The summed E-state index contributed by atoms with van der Waals surface area (Å²) in [4.78, 5) is 2.13. The molecule has 2 aromatic rings. The number of fused-ring (bicyclic) bond motifs is 1. The van der Waals surface area contributed by atoms with Gasteiger partial charge in [0, 0.05) is 24.4 Å². The topological polar surface area (TPSA) is 55.0 Å². The highest BCUT2D eigenvalue weighted by Crippen LogP contribution is 2.24. The van der Waals surface area contributed by atoms with Crippen LogP contribution in [0.4, 0.5) is 5.82 Å². The summed E-state index contributed by atoms with van der Waals surface area (Å²) in [6.07, 6.45) is 1.79. The third kappa shape index (κ3) is 2.59. The number of nitrogens with zero attached hydrogens (tertiary/aromatic N) is 3. The lowest BCUT2D eigenvalue weighted by Gasteiger charge is -2.29. The second-order valence-electron chi connectivity index (χ2n) is 5.48. The van der Waals surface area contributed by atoms with Crippen molar-refractivity contribution >= 4 is 16.6 Å². The molecule has 0 unspecified atom stereocenters. The van der Waals surface area contributed by atoms with E-state index in [9.17, 15) is 0 Å². The van der Waals surface area contributed by atoms with Crippen LogP contribution in [0.15, 0.2) is 30.5 Å². The van der Waals surface area contributed by atoms with Crippen LogP contribution in [-0.2, 0) is 0 Å². The summed E-state index contributed by atoms with van der Waals surface area (Å²) in [6.45, 7) is 5.81. The number of rotatable bonds is 4. The molecule has 0 radical (unpaired) electrons. The van der Waals surface area contributed by atoms with Crippen molar-refractivity contribution in [2.75, 3.05) is 25.0 Å². The molecular weight excluding hydrogens is 224 g/mol. The molecule has 1 aromatic heterocycles. The van der Waals surface area contributed by atoms with Gasteiger partial charge < -0.3 is 10.6 Å². The van der Waals surface area contributed by atoms with Gasteiger partial charge in [-0.15, -0.1) is 5.10 Å². The average Bonchev–Trinajstić information content (AvgIpc) is 2.37. The van der Waals surface area contributed by atoms with Gasteiger partial charge in [0.15, 0.2) is 5.82 Å². The summed E-state index contributed by atoms with van der Waals surface area (Å²) in [5.41, 5.74) is 5.85. The summed E-state index contributed by atoms with van der Waals surface area (Å²) in [5.74, 6) is 0.912. The Balaban J connectivity index is 2.36. The number of anilines is 1. The third-order valence-corrected chi connectivity index (χ3v) is 3.13. The molecule has 0 aliphatic rings. The van der Waals surface area contributed by atoms with Crippen LogP contribution in [0.25, 0.3) is 10.8 Å². The van der Waals surface area contributed by atoms with E-state index in [0.29, 0.717) is 6.54 Å². The highest BCUT2D eigenvalue weighted by Gasteiger charge is 2.20. The molecule has 4 heteroatoms. The lowest BCUT2D eigenvalue weighted by atomic mass is 9.93. The van der Waals surface area contributed by atoms with E-state index in [1.807, 2.05) is 19.2 Å². The van der Waals surface area contributed by atoms with Gasteiger partial charge in [0.05, 0.1) is 6.20 Å². The predicted octanol–water partition coefficient (Wildman–Crippen LogP) is 2.05. The van der Waals surface area contributed by atoms with Gasteiger partial charge in [0.2, 0.25) is 0 Å². The fraction of sp³-hybridized carbons (Fsp3) is 0.429. The Morgan fingerprint density at radius 1 is 1.28 bits per heavy atom. The minimum absolute atomic E-state index is 0.0629. The molecule has 1 aromatic carbocycles. The Labute approximate surface area is 108 Å². The van der Waals surface area contributed by atoms with Gasteiger partial charge in [-0.3, -0.25) is 0 Å². The first kappa shape index (κ1) is 12.8. The Morgan fingerprint density at radius 3 is 2.72 bits per heavy atom. The van der Waals surface area contributed by atoms with Gasteiger partial charge in [-0.2, -0.15) is 5.10 Å². The van der Waals surface area contributed by atoms with Crippen molar-refractivity contribution in [2.24, 2.45) is 11.1 Å². The average molecular weight is 244 g/mol. The second-order valence-corrected chi connectivity index (χ2v) is 5.48. The van der Waals surface area contributed by atoms with Gasteiger partial charge in [-0.1, -0.05) is 38.1 Å². The molecule has 0 aliphatic heterocycles. The number of benzene rings is 1. The van der Waals surface area contributed by atoms with E-state index >= 15 is 0 Å². The molecule has 2 N–H and O–H groups in total. The Morgan fingerprint density at radius 2 is 2.00 bits per heavy atom. The van der Waals surface area contributed by atoms with E-state index in [0.717, 1.165) is 23.1 Å². The molecular formula is C14H20N4.